The Kier molecular flexibility index (Phi) is 7.56. The number of likely N-dealkylation sites (N-methyl/N-ethyl adjacent to an activating group) is 1. The molecule has 0 spiro atoms. The summed E-state index contributed by atoms with van der Waals surface area (Å²) in [5.41, 5.74) is 2.77. The van der Waals surface area contributed by atoms with Crippen LogP contribution in [0.1, 0.15) is 50.4 Å². The largest absolute Gasteiger partial charge is 0.370 e. The minimum absolute atomic E-state index is 0.00783. The highest BCUT2D eigenvalue weighted by atomic mass is 16.2. The molecule has 2 aromatic carbocycles. The summed E-state index contributed by atoms with van der Waals surface area (Å²) in [5, 5.41) is 5.90. The smallest absolute Gasteiger partial charge is 0.255 e. The zero-order valence-corrected chi connectivity index (χ0v) is 19.9. The molecule has 32 heavy (non-hydrogen) atoms. The van der Waals surface area contributed by atoms with Crippen LogP contribution in [0.5, 0.6) is 0 Å². The third kappa shape index (κ3) is 5.88. The fourth-order valence-corrected chi connectivity index (χ4v) is 4.10. The predicted octanol–water partition coefficient (Wildman–Crippen LogP) is 4.84. The van der Waals surface area contributed by atoms with Gasteiger partial charge in [-0.1, -0.05) is 27.2 Å². The molecule has 1 fully saturated rings. The summed E-state index contributed by atoms with van der Waals surface area (Å²) < 4.78 is 0. The van der Waals surface area contributed by atoms with Crippen LogP contribution in [0.15, 0.2) is 48.5 Å². The lowest BCUT2D eigenvalue weighted by molar-refractivity contribution is -0.124. The number of carbonyl (C=O) groups excluding carboxylic acids is 2. The number of carbonyl (C=O) groups is 2. The number of benzene rings is 2. The van der Waals surface area contributed by atoms with Gasteiger partial charge in [-0.3, -0.25) is 9.59 Å². The Morgan fingerprint density at radius 3 is 2.16 bits per heavy atom. The van der Waals surface area contributed by atoms with Gasteiger partial charge in [-0.25, -0.2) is 0 Å². The van der Waals surface area contributed by atoms with Crippen LogP contribution >= 0.6 is 0 Å². The van der Waals surface area contributed by atoms with E-state index in [1.807, 2.05) is 26.0 Å². The summed E-state index contributed by atoms with van der Waals surface area (Å²) in [6, 6.07) is 15.6. The number of nitrogens with one attached hydrogen (secondary N) is 2. The number of anilines is 3. The lowest BCUT2D eigenvalue weighted by atomic mass is 9.87. The number of nitrogens with zero attached hydrogens (tertiary/aromatic N) is 2. The number of amides is 2. The van der Waals surface area contributed by atoms with Gasteiger partial charge in [-0.2, -0.15) is 0 Å². The van der Waals surface area contributed by atoms with Crippen LogP contribution in [-0.2, 0) is 4.79 Å². The van der Waals surface area contributed by atoms with Crippen molar-refractivity contribution in [2.45, 2.75) is 46.1 Å². The Morgan fingerprint density at radius 2 is 1.59 bits per heavy atom. The minimum atomic E-state index is -0.417. The molecule has 1 atom stereocenters. The molecular formula is C26H36N4O2. The normalized spacial score (nSPS) is 16.3. The molecule has 0 saturated carbocycles. The Labute approximate surface area is 192 Å². The highest BCUT2D eigenvalue weighted by Gasteiger charge is 2.26. The lowest BCUT2D eigenvalue weighted by Gasteiger charge is -2.22. The standard InChI is InChI=1S/C26H36N4O2/c1-6-16-26(2,3)25(32)28-21-9-7-19(8-10-21)24(31)27-20-11-13-22(14-12-20)30-17-15-23(18-30)29(4)5/h7-14,23H,6,15-18H2,1-5H3,(H,27,31)(H,28,32). The molecule has 0 aromatic heterocycles. The second-order valence-electron chi connectivity index (χ2n) is 9.52. The van der Waals surface area contributed by atoms with Crippen LogP contribution in [0.2, 0.25) is 0 Å². The van der Waals surface area contributed by atoms with E-state index < -0.39 is 5.41 Å². The van der Waals surface area contributed by atoms with E-state index in [4.69, 9.17) is 0 Å². The lowest BCUT2D eigenvalue weighted by Crippen LogP contribution is -2.31. The minimum Gasteiger partial charge on any atom is -0.370 e. The average molecular weight is 437 g/mol. The fourth-order valence-electron chi connectivity index (χ4n) is 4.10. The zero-order chi connectivity index (χ0) is 23.3. The van der Waals surface area contributed by atoms with Gasteiger partial charge in [0.2, 0.25) is 5.91 Å². The molecule has 0 aliphatic carbocycles. The van der Waals surface area contributed by atoms with Gasteiger partial charge in [0.25, 0.3) is 5.91 Å². The zero-order valence-electron chi connectivity index (χ0n) is 19.9. The maximum atomic E-state index is 12.6. The Hall–Kier alpha value is -2.86. The first-order valence-electron chi connectivity index (χ1n) is 11.4. The summed E-state index contributed by atoms with van der Waals surface area (Å²) in [6.45, 7) is 8.04. The van der Waals surface area contributed by atoms with Gasteiger partial charge in [-0.15, -0.1) is 0 Å². The van der Waals surface area contributed by atoms with Crippen molar-refractivity contribution in [3.8, 4) is 0 Å². The molecule has 2 N–H and O–H groups in total. The molecular weight excluding hydrogens is 400 g/mol. The Balaban J connectivity index is 1.56. The molecule has 0 bridgehead atoms. The molecule has 6 nitrogen and oxygen atoms in total. The second kappa shape index (κ2) is 10.2. The van der Waals surface area contributed by atoms with E-state index in [2.05, 4.69) is 53.6 Å². The Morgan fingerprint density at radius 1 is 1.00 bits per heavy atom. The van der Waals surface area contributed by atoms with Gasteiger partial charge >= 0.3 is 0 Å². The van der Waals surface area contributed by atoms with E-state index in [-0.39, 0.29) is 11.8 Å². The number of hydrogen-bond acceptors (Lipinski definition) is 4. The quantitative estimate of drug-likeness (QED) is 0.621. The maximum Gasteiger partial charge on any atom is 0.255 e. The van der Waals surface area contributed by atoms with Crippen LogP contribution in [0, 0.1) is 5.41 Å². The average Bonchev–Trinajstić information content (AvgIpc) is 3.25. The fraction of sp³-hybridized carbons (Fsp3) is 0.462. The number of hydrogen-bond donors (Lipinski definition) is 2. The molecule has 1 aliphatic heterocycles. The van der Waals surface area contributed by atoms with E-state index >= 15 is 0 Å². The van der Waals surface area contributed by atoms with Crippen molar-refractivity contribution in [1.82, 2.24) is 4.90 Å². The van der Waals surface area contributed by atoms with E-state index in [0.29, 0.717) is 17.3 Å². The van der Waals surface area contributed by atoms with E-state index in [9.17, 15) is 9.59 Å². The molecule has 6 heteroatoms. The third-order valence-corrected chi connectivity index (χ3v) is 6.28. The first-order valence-corrected chi connectivity index (χ1v) is 11.4. The van der Waals surface area contributed by atoms with Crippen LogP contribution in [0.3, 0.4) is 0 Å². The SMILES string of the molecule is CCCC(C)(C)C(=O)Nc1ccc(C(=O)Nc2ccc(N3CCC(N(C)C)C3)cc2)cc1. The van der Waals surface area contributed by atoms with Crippen LogP contribution in [-0.4, -0.2) is 49.9 Å². The summed E-state index contributed by atoms with van der Waals surface area (Å²) in [6.07, 6.45) is 2.94. The molecule has 1 aliphatic rings. The van der Waals surface area contributed by atoms with Gasteiger partial charge < -0.3 is 20.4 Å². The van der Waals surface area contributed by atoms with Crippen molar-refractivity contribution < 1.29 is 9.59 Å². The first-order chi connectivity index (χ1) is 15.2. The molecule has 172 valence electrons. The summed E-state index contributed by atoms with van der Waals surface area (Å²) >= 11 is 0. The molecule has 1 unspecified atom stereocenters. The molecule has 0 radical (unpaired) electrons. The first kappa shape index (κ1) is 23.8. The van der Waals surface area contributed by atoms with Crippen molar-refractivity contribution in [2.24, 2.45) is 5.41 Å². The van der Waals surface area contributed by atoms with Gasteiger partial charge in [0, 0.05) is 47.2 Å². The van der Waals surface area contributed by atoms with Crippen molar-refractivity contribution >= 4 is 28.9 Å². The van der Waals surface area contributed by atoms with Crippen LogP contribution in [0.4, 0.5) is 17.1 Å². The van der Waals surface area contributed by atoms with Crippen LogP contribution < -0.4 is 15.5 Å². The summed E-state index contributed by atoms with van der Waals surface area (Å²) in [7, 11) is 4.25. The van der Waals surface area contributed by atoms with Crippen molar-refractivity contribution in [3.05, 3.63) is 54.1 Å². The van der Waals surface area contributed by atoms with Gasteiger partial charge in [0.1, 0.15) is 0 Å². The highest BCUT2D eigenvalue weighted by Crippen LogP contribution is 2.26. The van der Waals surface area contributed by atoms with E-state index in [1.54, 1.807) is 24.3 Å². The van der Waals surface area contributed by atoms with Crippen molar-refractivity contribution in [2.75, 3.05) is 42.7 Å². The summed E-state index contributed by atoms with van der Waals surface area (Å²) in [4.78, 5) is 29.8. The van der Waals surface area contributed by atoms with Gasteiger partial charge in [0.15, 0.2) is 0 Å². The topological polar surface area (TPSA) is 64.7 Å². The number of rotatable bonds is 8. The molecule has 1 saturated heterocycles. The molecule has 3 rings (SSSR count). The maximum absolute atomic E-state index is 12.6. The van der Waals surface area contributed by atoms with E-state index in [0.717, 1.165) is 38.0 Å². The second-order valence-corrected chi connectivity index (χ2v) is 9.52. The monoisotopic (exact) mass is 436 g/mol. The molecule has 2 aromatic rings. The predicted molar refractivity (Wildman–Crippen MR) is 132 cm³/mol. The summed E-state index contributed by atoms with van der Waals surface area (Å²) in [5.74, 6) is -0.178. The highest BCUT2D eigenvalue weighted by molar-refractivity contribution is 6.04. The van der Waals surface area contributed by atoms with Crippen LogP contribution in [0.25, 0.3) is 0 Å². The van der Waals surface area contributed by atoms with Crippen molar-refractivity contribution in [3.63, 3.8) is 0 Å². The molecule has 2 amide bonds. The van der Waals surface area contributed by atoms with Crippen molar-refractivity contribution in [1.29, 1.82) is 0 Å². The molecule has 1 heterocycles. The van der Waals surface area contributed by atoms with E-state index in [1.165, 1.54) is 5.69 Å². The Bertz CT molecular complexity index is 920. The van der Waals surface area contributed by atoms with Gasteiger partial charge in [0.05, 0.1) is 0 Å². The third-order valence-electron chi connectivity index (χ3n) is 6.28. The van der Waals surface area contributed by atoms with Gasteiger partial charge in [-0.05, 0) is 75.5 Å².